The topological polar surface area (TPSA) is 35.5 Å². The molecule has 0 aliphatic rings. The minimum absolute atomic E-state index is 0.0507. The van der Waals surface area contributed by atoms with E-state index in [0.29, 0.717) is 12.2 Å². The molecule has 0 fully saturated rings. The van der Waals surface area contributed by atoms with Crippen LogP contribution in [0, 0.1) is 0 Å². The van der Waals surface area contributed by atoms with E-state index >= 15 is 0 Å². The third kappa shape index (κ3) is 15.7. The third-order valence-electron chi connectivity index (χ3n) is 9.31. The van der Waals surface area contributed by atoms with E-state index in [1.807, 2.05) is 31.2 Å². The van der Waals surface area contributed by atoms with Gasteiger partial charge in [0.1, 0.15) is 12.4 Å². The second-order valence-corrected chi connectivity index (χ2v) is 13.6. The largest absolute Gasteiger partial charge is 0.489 e. The molecule has 0 aliphatic heterocycles. The monoisotopic (exact) mass is 628 g/mol. The Hall–Kier alpha value is -2.81. The molecule has 46 heavy (non-hydrogen) atoms. The van der Waals surface area contributed by atoms with Crippen LogP contribution in [0.15, 0.2) is 60.7 Å². The lowest BCUT2D eigenvalue weighted by atomic mass is 10.0. The molecule has 3 heteroatoms. The molecule has 3 aromatic carbocycles. The van der Waals surface area contributed by atoms with Crippen LogP contribution < -0.4 is 4.74 Å². The van der Waals surface area contributed by atoms with Gasteiger partial charge >= 0.3 is 5.97 Å². The van der Waals surface area contributed by atoms with Crippen molar-refractivity contribution in [3.8, 4) is 5.75 Å². The van der Waals surface area contributed by atoms with Crippen molar-refractivity contribution >= 4 is 16.7 Å². The van der Waals surface area contributed by atoms with Crippen LogP contribution in [-0.4, -0.2) is 12.1 Å². The molecule has 3 nitrogen and oxygen atoms in total. The number of carbonyl (C=O) groups excluding carboxylic acids is 1. The van der Waals surface area contributed by atoms with E-state index in [2.05, 4.69) is 50.2 Å². The molecule has 0 unspecified atom stereocenters. The second kappa shape index (κ2) is 23.5. The Bertz CT molecular complexity index is 1210. The van der Waals surface area contributed by atoms with Gasteiger partial charge in [0.25, 0.3) is 0 Å². The maximum atomic E-state index is 12.5. The van der Waals surface area contributed by atoms with Crippen LogP contribution in [0.4, 0.5) is 0 Å². The van der Waals surface area contributed by atoms with Crippen molar-refractivity contribution in [2.45, 2.75) is 168 Å². The van der Waals surface area contributed by atoms with Crippen LogP contribution in [0.5, 0.6) is 5.75 Å². The van der Waals surface area contributed by atoms with Crippen molar-refractivity contribution in [1.29, 1.82) is 0 Å². The van der Waals surface area contributed by atoms with E-state index in [4.69, 9.17) is 9.47 Å². The number of fused-ring (bicyclic) bond motifs is 1. The second-order valence-electron chi connectivity index (χ2n) is 13.6. The van der Waals surface area contributed by atoms with Gasteiger partial charge in [0.15, 0.2) is 0 Å². The van der Waals surface area contributed by atoms with Crippen LogP contribution in [0.25, 0.3) is 10.8 Å². The first-order valence-corrected chi connectivity index (χ1v) is 19.0. The first-order chi connectivity index (χ1) is 22.6. The molecule has 0 N–H and O–H groups in total. The fraction of sp³-hybridized carbons (Fsp3) is 0.605. The lowest BCUT2D eigenvalue weighted by Crippen LogP contribution is -2.15. The summed E-state index contributed by atoms with van der Waals surface area (Å²) in [5.41, 5.74) is 3.05. The zero-order valence-electron chi connectivity index (χ0n) is 29.6. The van der Waals surface area contributed by atoms with E-state index in [0.717, 1.165) is 30.6 Å². The van der Waals surface area contributed by atoms with Crippen molar-refractivity contribution in [2.24, 2.45) is 0 Å². The quantitative estimate of drug-likeness (QED) is 0.0655. The number of ether oxygens (including phenoxy) is 2. The number of hydrogen-bond donors (Lipinski definition) is 0. The maximum absolute atomic E-state index is 12.5. The van der Waals surface area contributed by atoms with E-state index in [9.17, 15) is 4.79 Å². The van der Waals surface area contributed by atoms with Gasteiger partial charge in [-0.2, -0.15) is 0 Å². The smallest absolute Gasteiger partial charge is 0.338 e. The standard InChI is InChI=1S/C43H64O3/c1-4-6-8-10-11-12-13-14-15-16-17-18-19-20-22-24-37-25-30-41-34-42(32-31-40(41)33-37)45-35-38-26-28-39(29-27-38)43(44)46-36(3)23-21-9-7-5-2/h25-34,36H,4-24,35H2,1-3H3/t36-/m1/s1. The predicted molar refractivity (Wildman–Crippen MR) is 197 cm³/mol. The Balaban J connectivity index is 1.28. The summed E-state index contributed by atoms with van der Waals surface area (Å²) in [4.78, 5) is 12.5. The molecular formula is C43H64O3. The number of benzene rings is 3. The minimum Gasteiger partial charge on any atom is -0.489 e. The fourth-order valence-corrected chi connectivity index (χ4v) is 6.29. The Morgan fingerprint density at radius 2 is 1.07 bits per heavy atom. The molecular weight excluding hydrogens is 564 g/mol. The van der Waals surface area contributed by atoms with Gasteiger partial charge in [0, 0.05) is 0 Å². The highest BCUT2D eigenvalue weighted by Crippen LogP contribution is 2.24. The predicted octanol–water partition coefficient (Wildman–Crippen LogP) is 13.3. The molecule has 3 aromatic rings. The average molecular weight is 629 g/mol. The van der Waals surface area contributed by atoms with Crippen molar-refractivity contribution in [3.05, 3.63) is 77.4 Å². The van der Waals surface area contributed by atoms with Crippen LogP contribution >= 0.6 is 0 Å². The average Bonchev–Trinajstić information content (AvgIpc) is 3.07. The minimum atomic E-state index is -0.246. The summed E-state index contributed by atoms with van der Waals surface area (Å²) in [6, 6.07) is 20.8. The molecule has 0 radical (unpaired) electrons. The summed E-state index contributed by atoms with van der Waals surface area (Å²) in [6.07, 6.45) is 27.9. The Kier molecular flexibility index (Phi) is 19.2. The van der Waals surface area contributed by atoms with E-state index in [1.54, 1.807) is 0 Å². The molecule has 0 aromatic heterocycles. The first kappa shape index (κ1) is 37.6. The summed E-state index contributed by atoms with van der Waals surface area (Å²) >= 11 is 0. The Morgan fingerprint density at radius 3 is 1.67 bits per heavy atom. The van der Waals surface area contributed by atoms with Gasteiger partial charge in [0.2, 0.25) is 0 Å². The lowest BCUT2D eigenvalue weighted by Gasteiger charge is -2.13. The van der Waals surface area contributed by atoms with Gasteiger partial charge in [0.05, 0.1) is 11.7 Å². The summed E-state index contributed by atoms with van der Waals surface area (Å²) in [5, 5.41) is 2.48. The van der Waals surface area contributed by atoms with Crippen molar-refractivity contribution < 1.29 is 14.3 Å². The van der Waals surface area contributed by atoms with Crippen LogP contribution in [-0.2, 0) is 17.8 Å². The van der Waals surface area contributed by atoms with Gasteiger partial charge in [-0.1, -0.05) is 159 Å². The number of rotatable bonds is 26. The van der Waals surface area contributed by atoms with Gasteiger partial charge in [-0.05, 0) is 78.8 Å². The van der Waals surface area contributed by atoms with Crippen LogP contribution in [0.3, 0.4) is 0 Å². The van der Waals surface area contributed by atoms with Gasteiger partial charge < -0.3 is 9.47 Å². The number of esters is 1. The first-order valence-electron chi connectivity index (χ1n) is 19.0. The van der Waals surface area contributed by atoms with Crippen LogP contribution in [0.2, 0.25) is 0 Å². The summed E-state index contributed by atoms with van der Waals surface area (Å²) < 4.78 is 11.7. The van der Waals surface area contributed by atoms with E-state index in [1.165, 1.54) is 132 Å². The Morgan fingerprint density at radius 1 is 0.565 bits per heavy atom. The molecule has 3 rings (SSSR count). The molecule has 0 bridgehead atoms. The normalized spacial score (nSPS) is 12.0. The number of aryl methyl sites for hydroxylation is 1. The fourth-order valence-electron chi connectivity index (χ4n) is 6.29. The summed E-state index contributed by atoms with van der Waals surface area (Å²) in [6.45, 7) is 6.95. The number of carbonyl (C=O) groups is 1. The van der Waals surface area contributed by atoms with Crippen molar-refractivity contribution in [1.82, 2.24) is 0 Å². The molecule has 0 heterocycles. The maximum Gasteiger partial charge on any atom is 0.338 e. The Labute approximate surface area is 281 Å². The van der Waals surface area contributed by atoms with Gasteiger partial charge in [-0.3, -0.25) is 0 Å². The summed E-state index contributed by atoms with van der Waals surface area (Å²) in [5.74, 6) is 0.618. The van der Waals surface area contributed by atoms with Crippen molar-refractivity contribution in [3.63, 3.8) is 0 Å². The highest BCUT2D eigenvalue weighted by atomic mass is 16.5. The number of unbranched alkanes of at least 4 members (excludes halogenated alkanes) is 17. The highest BCUT2D eigenvalue weighted by Gasteiger charge is 2.12. The zero-order chi connectivity index (χ0) is 32.7. The molecule has 0 aliphatic carbocycles. The summed E-state index contributed by atoms with van der Waals surface area (Å²) in [7, 11) is 0. The molecule has 0 spiro atoms. The molecule has 0 saturated heterocycles. The van der Waals surface area contributed by atoms with Crippen molar-refractivity contribution in [2.75, 3.05) is 0 Å². The third-order valence-corrected chi connectivity index (χ3v) is 9.31. The number of hydrogen-bond acceptors (Lipinski definition) is 3. The molecule has 1 atom stereocenters. The SMILES string of the molecule is CCCCCCCCCCCCCCCCCc1ccc2cc(OCc3ccc(C(=O)O[C@H](C)CCCCCC)cc3)ccc2c1. The lowest BCUT2D eigenvalue weighted by molar-refractivity contribution is 0.0319. The highest BCUT2D eigenvalue weighted by molar-refractivity contribution is 5.89. The molecule has 0 amide bonds. The van der Waals surface area contributed by atoms with Gasteiger partial charge in [-0.15, -0.1) is 0 Å². The molecule has 254 valence electrons. The van der Waals surface area contributed by atoms with Crippen LogP contribution in [0.1, 0.15) is 171 Å². The van der Waals surface area contributed by atoms with Gasteiger partial charge in [-0.25, -0.2) is 4.79 Å². The van der Waals surface area contributed by atoms with E-state index < -0.39 is 0 Å². The molecule has 0 saturated carbocycles. The van der Waals surface area contributed by atoms with E-state index in [-0.39, 0.29) is 12.1 Å². The zero-order valence-corrected chi connectivity index (χ0v) is 29.6.